The summed E-state index contributed by atoms with van der Waals surface area (Å²) in [6, 6.07) is 15.2. The standard InChI is InChI=1S/C18H18N8O2S/c1-28-12-8-6-11(7-9-12)22-18(29)26-25-17(27)13-4-2-3-5-14(13)23-24-15(10-19)16(20)21/h2-9,23H,1H3,(H3,20,21)(H,25,27)(H2,22,26,29)/b24-15+. The molecule has 0 heterocycles. The van der Waals surface area contributed by atoms with E-state index >= 15 is 0 Å². The SMILES string of the molecule is COc1ccc(NC(=S)NNC(=O)c2ccccc2N/N=C(\C#N)C(=N)N)cc1. The molecule has 0 unspecified atom stereocenters. The molecule has 0 atom stereocenters. The fraction of sp³-hybridized carbons (Fsp3) is 0.0556. The number of hydrogen-bond donors (Lipinski definition) is 6. The summed E-state index contributed by atoms with van der Waals surface area (Å²) in [6.07, 6.45) is 0. The van der Waals surface area contributed by atoms with E-state index < -0.39 is 11.7 Å². The fourth-order valence-electron chi connectivity index (χ4n) is 2.06. The molecular weight excluding hydrogens is 392 g/mol. The summed E-state index contributed by atoms with van der Waals surface area (Å²) in [7, 11) is 1.57. The minimum atomic E-state index is -0.497. The summed E-state index contributed by atoms with van der Waals surface area (Å²) in [5, 5.41) is 23.0. The first-order valence-corrected chi connectivity index (χ1v) is 8.54. The highest BCUT2D eigenvalue weighted by Crippen LogP contribution is 2.16. The Labute approximate surface area is 172 Å². The molecule has 1 amide bonds. The summed E-state index contributed by atoms with van der Waals surface area (Å²) < 4.78 is 5.08. The van der Waals surface area contributed by atoms with E-state index in [2.05, 4.69) is 26.7 Å². The van der Waals surface area contributed by atoms with Crippen LogP contribution in [0.3, 0.4) is 0 Å². The van der Waals surface area contributed by atoms with Gasteiger partial charge in [0.15, 0.2) is 10.9 Å². The lowest BCUT2D eigenvalue weighted by molar-refractivity contribution is 0.0945. The lowest BCUT2D eigenvalue weighted by Crippen LogP contribution is -2.43. The van der Waals surface area contributed by atoms with Gasteiger partial charge in [0, 0.05) is 5.69 Å². The molecule has 0 aromatic heterocycles. The van der Waals surface area contributed by atoms with Gasteiger partial charge in [-0.3, -0.25) is 26.5 Å². The predicted molar refractivity (Wildman–Crippen MR) is 115 cm³/mol. The van der Waals surface area contributed by atoms with Crippen LogP contribution in [-0.2, 0) is 0 Å². The first kappa shape index (κ1) is 21.1. The highest BCUT2D eigenvalue weighted by atomic mass is 32.1. The minimum Gasteiger partial charge on any atom is -0.497 e. The molecule has 0 aliphatic carbocycles. The number of ether oxygens (including phenoxy) is 1. The number of carbonyl (C=O) groups is 1. The maximum absolute atomic E-state index is 12.5. The second-order valence-electron chi connectivity index (χ2n) is 5.41. The van der Waals surface area contributed by atoms with E-state index in [-0.39, 0.29) is 16.4 Å². The summed E-state index contributed by atoms with van der Waals surface area (Å²) in [4.78, 5) is 12.5. The second kappa shape index (κ2) is 10.2. The monoisotopic (exact) mass is 410 g/mol. The van der Waals surface area contributed by atoms with E-state index in [1.54, 1.807) is 61.7 Å². The number of para-hydroxylation sites is 1. The summed E-state index contributed by atoms with van der Waals surface area (Å²) in [5.74, 6) is -0.277. The van der Waals surface area contributed by atoms with Gasteiger partial charge in [-0.2, -0.15) is 10.4 Å². The van der Waals surface area contributed by atoms with Crippen LogP contribution in [-0.4, -0.2) is 29.7 Å². The second-order valence-corrected chi connectivity index (χ2v) is 5.81. The van der Waals surface area contributed by atoms with Crippen molar-refractivity contribution >= 4 is 46.2 Å². The fourth-order valence-corrected chi connectivity index (χ4v) is 2.23. The van der Waals surface area contributed by atoms with Gasteiger partial charge in [0.2, 0.25) is 5.71 Å². The zero-order chi connectivity index (χ0) is 21.2. The number of nitrogens with one attached hydrogen (secondary N) is 5. The minimum absolute atomic E-state index is 0.176. The van der Waals surface area contributed by atoms with Gasteiger partial charge in [-0.15, -0.1) is 0 Å². The lowest BCUT2D eigenvalue weighted by atomic mass is 10.2. The smallest absolute Gasteiger partial charge is 0.271 e. The summed E-state index contributed by atoms with van der Waals surface area (Å²) in [6.45, 7) is 0. The molecule has 0 saturated carbocycles. The largest absolute Gasteiger partial charge is 0.497 e. The third-order valence-corrected chi connectivity index (χ3v) is 3.66. The van der Waals surface area contributed by atoms with Crippen LogP contribution >= 0.6 is 12.2 Å². The van der Waals surface area contributed by atoms with Crippen molar-refractivity contribution in [1.29, 1.82) is 10.7 Å². The average molecular weight is 410 g/mol. The third-order valence-electron chi connectivity index (χ3n) is 3.46. The number of benzene rings is 2. The van der Waals surface area contributed by atoms with Crippen LogP contribution in [0.5, 0.6) is 5.75 Å². The van der Waals surface area contributed by atoms with Crippen LogP contribution in [0.15, 0.2) is 53.6 Å². The highest BCUT2D eigenvalue weighted by Gasteiger charge is 2.11. The molecule has 0 spiro atoms. The van der Waals surface area contributed by atoms with E-state index in [9.17, 15) is 4.79 Å². The molecular formula is C18H18N8O2S. The highest BCUT2D eigenvalue weighted by molar-refractivity contribution is 7.80. The number of carbonyl (C=O) groups excluding carboxylic acids is 1. The predicted octanol–water partition coefficient (Wildman–Crippen LogP) is 1.55. The van der Waals surface area contributed by atoms with Gasteiger partial charge < -0.3 is 15.8 Å². The van der Waals surface area contributed by atoms with Gasteiger partial charge in [0.25, 0.3) is 5.91 Å². The number of hydrogen-bond acceptors (Lipinski definition) is 7. The third kappa shape index (κ3) is 6.19. The molecule has 29 heavy (non-hydrogen) atoms. The van der Waals surface area contributed by atoms with Gasteiger partial charge in [0.1, 0.15) is 11.8 Å². The Balaban J connectivity index is 1.99. The van der Waals surface area contributed by atoms with Gasteiger partial charge >= 0.3 is 0 Å². The number of nitriles is 1. The maximum Gasteiger partial charge on any atom is 0.271 e. The lowest BCUT2D eigenvalue weighted by Gasteiger charge is -2.13. The molecule has 0 aliphatic rings. The Kier molecular flexibility index (Phi) is 7.46. The Morgan fingerprint density at radius 1 is 1.21 bits per heavy atom. The van der Waals surface area contributed by atoms with Gasteiger partial charge in [-0.1, -0.05) is 12.1 Å². The number of anilines is 2. The molecule has 7 N–H and O–H groups in total. The number of hydrazone groups is 1. The van der Waals surface area contributed by atoms with Crippen LogP contribution in [0.25, 0.3) is 0 Å². The average Bonchev–Trinajstić information content (AvgIpc) is 2.73. The Morgan fingerprint density at radius 2 is 1.90 bits per heavy atom. The van der Waals surface area contributed by atoms with Crippen molar-refractivity contribution in [3.05, 3.63) is 54.1 Å². The van der Waals surface area contributed by atoms with E-state index in [1.165, 1.54) is 0 Å². The van der Waals surface area contributed by atoms with Crippen molar-refractivity contribution in [3.63, 3.8) is 0 Å². The number of amidine groups is 1. The zero-order valence-electron chi connectivity index (χ0n) is 15.3. The van der Waals surface area contributed by atoms with Crippen molar-refractivity contribution in [2.24, 2.45) is 10.8 Å². The number of thiocarbonyl (C=S) groups is 1. The number of methoxy groups -OCH3 is 1. The molecule has 2 rings (SSSR count). The number of nitrogens with zero attached hydrogens (tertiary/aromatic N) is 2. The van der Waals surface area contributed by atoms with Crippen molar-refractivity contribution in [2.45, 2.75) is 0 Å². The molecule has 0 fully saturated rings. The molecule has 0 saturated heterocycles. The van der Waals surface area contributed by atoms with Crippen LogP contribution in [0.4, 0.5) is 11.4 Å². The van der Waals surface area contributed by atoms with E-state index in [4.69, 9.17) is 33.4 Å². The Morgan fingerprint density at radius 3 is 2.52 bits per heavy atom. The molecule has 2 aromatic carbocycles. The Bertz CT molecular complexity index is 982. The number of amides is 1. The van der Waals surface area contributed by atoms with Crippen molar-refractivity contribution in [2.75, 3.05) is 17.9 Å². The summed E-state index contributed by atoms with van der Waals surface area (Å²) >= 11 is 5.15. The van der Waals surface area contributed by atoms with Gasteiger partial charge in [-0.25, -0.2) is 0 Å². The zero-order valence-corrected chi connectivity index (χ0v) is 16.1. The van der Waals surface area contributed by atoms with Crippen LogP contribution < -0.4 is 32.1 Å². The molecule has 10 nitrogen and oxygen atoms in total. The van der Waals surface area contributed by atoms with E-state index in [1.807, 2.05) is 0 Å². The van der Waals surface area contributed by atoms with E-state index in [0.29, 0.717) is 17.1 Å². The molecule has 2 aromatic rings. The first-order valence-electron chi connectivity index (χ1n) is 8.13. The van der Waals surface area contributed by atoms with Crippen molar-refractivity contribution in [1.82, 2.24) is 10.9 Å². The van der Waals surface area contributed by atoms with Gasteiger partial charge in [0.05, 0.1) is 18.4 Å². The Hall–Kier alpha value is -4.17. The van der Waals surface area contributed by atoms with Crippen LogP contribution in [0.2, 0.25) is 0 Å². The number of nitrogens with two attached hydrogens (primary N) is 1. The molecule has 0 bridgehead atoms. The van der Waals surface area contributed by atoms with Crippen molar-refractivity contribution < 1.29 is 9.53 Å². The molecule has 0 radical (unpaired) electrons. The van der Waals surface area contributed by atoms with Crippen LogP contribution in [0.1, 0.15) is 10.4 Å². The normalized spacial score (nSPS) is 10.3. The van der Waals surface area contributed by atoms with Crippen LogP contribution in [0, 0.1) is 16.7 Å². The molecule has 0 aliphatic heterocycles. The maximum atomic E-state index is 12.5. The number of hydrazine groups is 1. The molecule has 148 valence electrons. The molecule has 11 heteroatoms. The topological polar surface area (TPSA) is 160 Å². The number of rotatable bonds is 6. The summed E-state index contributed by atoms with van der Waals surface area (Å²) in [5.41, 5.74) is 13.8. The van der Waals surface area contributed by atoms with Gasteiger partial charge in [-0.05, 0) is 48.6 Å². The quantitative estimate of drug-likeness (QED) is 0.181. The van der Waals surface area contributed by atoms with Crippen molar-refractivity contribution in [3.8, 4) is 11.8 Å². The first-order chi connectivity index (χ1) is 13.9. The van der Waals surface area contributed by atoms with E-state index in [0.717, 1.165) is 0 Å².